The highest BCUT2D eigenvalue weighted by atomic mass is 16.2. The standard InChI is InChI=1S/C14H28N2O/c1-5-11(3)13(15)14(17)16(4)12-8-6-10(2)7-9-12/h10-13H,5-9,15H2,1-4H3/t10?,11?,12?,13-/m1/s1. The zero-order valence-electron chi connectivity index (χ0n) is 11.8. The average Bonchev–Trinajstić information content (AvgIpc) is 2.36. The molecule has 0 heterocycles. The highest BCUT2D eigenvalue weighted by Gasteiger charge is 2.29. The summed E-state index contributed by atoms with van der Waals surface area (Å²) >= 11 is 0. The number of carbonyl (C=O) groups is 1. The molecule has 3 heteroatoms. The first-order valence-electron chi connectivity index (χ1n) is 6.99. The number of amides is 1. The van der Waals surface area contributed by atoms with Crippen molar-refractivity contribution < 1.29 is 4.79 Å². The van der Waals surface area contributed by atoms with E-state index in [0.717, 1.165) is 25.2 Å². The van der Waals surface area contributed by atoms with E-state index in [1.807, 2.05) is 11.9 Å². The highest BCUT2D eigenvalue weighted by Crippen LogP contribution is 2.27. The Bertz CT molecular complexity index is 247. The van der Waals surface area contributed by atoms with Crippen molar-refractivity contribution >= 4 is 5.91 Å². The molecule has 0 aliphatic heterocycles. The smallest absolute Gasteiger partial charge is 0.239 e. The lowest BCUT2D eigenvalue weighted by molar-refractivity contribution is -0.135. The van der Waals surface area contributed by atoms with Crippen molar-refractivity contribution in [2.75, 3.05) is 7.05 Å². The molecule has 1 saturated carbocycles. The van der Waals surface area contributed by atoms with E-state index in [2.05, 4.69) is 20.8 Å². The van der Waals surface area contributed by atoms with Gasteiger partial charge in [-0.2, -0.15) is 0 Å². The molecule has 1 aliphatic rings. The average molecular weight is 240 g/mol. The van der Waals surface area contributed by atoms with Crippen LogP contribution in [0.2, 0.25) is 0 Å². The van der Waals surface area contributed by atoms with Crippen LogP contribution in [-0.4, -0.2) is 29.9 Å². The first-order chi connectivity index (χ1) is 7.97. The summed E-state index contributed by atoms with van der Waals surface area (Å²) in [5.74, 6) is 1.21. The largest absolute Gasteiger partial charge is 0.341 e. The Balaban J connectivity index is 2.51. The van der Waals surface area contributed by atoms with Gasteiger partial charge >= 0.3 is 0 Å². The van der Waals surface area contributed by atoms with Gasteiger partial charge in [0, 0.05) is 13.1 Å². The van der Waals surface area contributed by atoms with Gasteiger partial charge in [0.15, 0.2) is 0 Å². The predicted molar refractivity (Wildman–Crippen MR) is 71.6 cm³/mol. The summed E-state index contributed by atoms with van der Waals surface area (Å²) in [6, 6.07) is 0.0816. The van der Waals surface area contributed by atoms with Crippen LogP contribution < -0.4 is 5.73 Å². The van der Waals surface area contributed by atoms with Gasteiger partial charge in [-0.15, -0.1) is 0 Å². The molecule has 0 saturated heterocycles. The minimum absolute atomic E-state index is 0.124. The molecule has 2 atom stereocenters. The van der Waals surface area contributed by atoms with E-state index in [-0.39, 0.29) is 17.9 Å². The van der Waals surface area contributed by atoms with Gasteiger partial charge in [0.25, 0.3) is 0 Å². The van der Waals surface area contributed by atoms with Crippen LogP contribution in [0.5, 0.6) is 0 Å². The Hall–Kier alpha value is -0.570. The van der Waals surface area contributed by atoms with Crippen molar-refractivity contribution in [2.24, 2.45) is 17.6 Å². The molecule has 3 nitrogen and oxygen atoms in total. The fraction of sp³-hybridized carbons (Fsp3) is 0.929. The Morgan fingerprint density at radius 3 is 2.35 bits per heavy atom. The van der Waals surface area contributed by atoms with Gasteiger partial charge in [-0.05, 0) is 37.5 Å². The summed E-state index contributed by atoms with van der Waals surface area (Å²) < 4.78 is 0. The number of carbonyl (C=O) groups excluding carboxylic acids is 1. The second-order valence-corrected chi connectivity index (χ2v) is 5.77. The molecule has 1 aliphatic carbocycles. The molecule has 0 radical (unpaired) electrons. The van der Waals surface area contributed by atoms with Gasteiger partial charge in [0.2, 0.25) is 5.91 Å². The van der Waals surface area contributed by atoms with E-state index >= 15 is 0 Å². The van der Waals surface area contributed by atoms with Crippen molar-refractivity contribution in [1.29, 1.82) is 0 Å². The number of hydrogen-bond donors (Lipinski definition) is 1. The maximum atomic E-state index is 12.2. The van der Waals surface area contributed by atoms with E-state index in [1.165, 1.54) is 12.8 Å². The van der Waals surface area contributed by atoms with E-state index in [0.29, 0.717) is 6.04 Å². The zero-order chi connectivity index (χ0) is 13.0. The molecule has 1 fully saturated rings. The number of rotatable bonds is 4. The van der Waals surface area contributed by atoms with Crippen molar-refractivity contribution in [3.63, 3.8) is 0 Å². The maximum Gasteiger partial charge on any atom is 0.239 e. The summed E-state index contributed by atoms with van der Waals surface area (Å²) in [6.45, 7) is 6.43. The normalized spacial score (nSPS) is 28.5. The van der Waals surface area contributed by atoms with Gasteiger partial charge < -0.3 is 10.6 Å². The minimum Gasteiger partial charge on any atom is -0.341 e. The monoisotopic (exact) mass is 240 g/mol. The summed E-state index contributed by atoms with van der Waals surface area (Å²) in [4.78, 5) is 14.1. The molecule has 0 bridgehead atoms. The molecule has 1 unspecified atom stereocenters. The molecule has 1 rings (SSSR count). The van der Waals surface area contributed by atoms with Crippen molar-refractivity contribution in [2.45, 2.75) is 65.0 Å². The summed E-state index contributed by atoms with van der Waals surface area (Å²) in [5, 5.41) is 0. The van der Waals surface area contributed by atoms with Crippen LogP contribution in [0.15, 0.2) is 0 Å². The summed E-state index contributed by atoms with van der Waals surface area (Å²) in [7, 11) is 1.92. The van der Waals surface area contributed by atoms with E-state index in [1.54, 1.807) is 0 Å². The number of hydrogen-bond acceptors (Lipinski definition) is 2. The molecule has 100 valence electrons. The Morgan fingerprint density at radius 1 is 1.35 bits per heavy atom. The lowest BCUT2D eigenvalue weighted by Gasteiger charge is -2.35. The van der Waals surface area contributed by atoms with Crippen LogP contribution in [0.1, 0.15) is 52.9 Å². The van der Waals surface area contributed by atoms with Gasteiger partial charge in [0.1, 0.15) is 0 Å². The fourth-order valence-corrected chi connectivity index (χ4v) is 2.54. The first kappa shape index (κ1) is 14.5. The molecule has 0 aromatic heterocycles. The second kappa shape index (κ2) is 6.39. The Kier molecular flexibility index (Phi) is 5.44. The summed E-state index contributed by atoms with van der Waals surface area (Å²) in [5.41, 5.74) is 6.01. The van der Waals surface area contributed by atoms with Crippen molar-refractivity contribution in [1.82, 2.24) is 4.90 Å². The molecule has 1 amide bonds. The van der Waals surface area contributed by atoms with E-state index < -0.39 is 0 Å². The topological polar surface area (TPSA) is 46.3 Å². The SMILES string of the molecule is CCC(C)[C@@H](N)C(=O)N(C)C1CCC(C)CC1. The van der Waals surface area contributed by atoms with Crippen LogP contribution in [0.4, 0.5) is 0 Å². The van der Waals surface area contributed by atoms with E-state index in [9.17, 15) is 4.79 Å². The van der Waals surface area contributed by atoms with Crippen molar-refractivity contribution in [3.05, 3.63) is 0 Å². The van der Waals surface area contributed by atoms with E-state index in [4.69, 9.17) is 5.73 Å². The number of nitrogens with zero attached hydrogens (tertiary/aromatic N) is 1. The Morgan fingerprint density at radius 2 is 1.88 bits per heavy atom. The van der Waals surface area contributed by atoms with Crippen LogP contribution in [0.25, 0.3) is 0 Å². The quantitative estimate of drug-likeness (QED) is 0.820. The second-order valence-electron chi connectivity index (χ2n) is 5.77. The van der Waals surface area contributed by atoms with Gasteiger partial charge in [-0.3, -0.25) is 4.79 Å². The Labute approximate surface area is 106 Å². The first-order valence-corrected chi connectivity index (χ1v) is 6.99. The third kappa shape index (κ3) is 3.70. The molecule has 0 aromatic carbocycles. The van der Waals surface area contributed by atoms with Crippen LogP contribution in [0, 0.1) is 11.8 Å². The summed E-state index contributed by atoms with van der Waals surface area (Å²) in [6.07, 6.45) is 5.71. The van der Waals surface area contributed by atoms with Crippen LogP contribution >= 0.6 is 0 Å². The molecular formula is C14H28N2O. The van der Waals surface area contributed by atoms with Gasteiger partial charge in [-0.1, -0.05) is 27.2 Å². The molecule has 0 spiro atoms. The predicted octanol–water partition coefficient (Wildman–Crippen LogP) is 2.40. The third-order valence-electron chi connectivity index (χ3n) is 4.42. The van der Waals surface area contributed by atoms with Gasteiger partial charge in [-0.25, -0.2) is 0 Å². The molecule has 17 heavy (non-hydrogen) atoms. The third-order valence-corrected chi connectivity index (χ3v) is 4.42. The highest BCUT2D eigenvalue weighted by molar-refractivity contribution is 5.82. The van der Waals surface area contributed by atoms with Crippen LogP contribution in [0.3, 0.4) is 0 Å². The van der Waals surface area contributed by atoms with Crippen LogP contribution in [-0.2, 0) is 4.79 Å². The minimum atomic E-state index is -0.329. The lowest BCUT2D eigenvalue weighted by atomic mass is 9.86. The number of nitrogens with two attached hydrogens (primary N) is 1. The fourth-order valence-electron chi connectivity index (χ4n) is 2.54. The molecule has 2 N–H and O–H groups in total. The zero-order valence-corrected chi connectivity index (χ0v) is 11.8. The van der Waals surface area contributed by atoms with Gasteiger partial charge in [0.05, 0.1) is 6.04 Å². The molecular weight excluding hydrogens is 212 g/mol. The maximum absolute atomic E-state index is 12.2. The lowest BCUT2D eigenvalue weighted by Crippen LogP contribution is -2.49. The number of likely N-dealkylation sites (N-methyl/N-ethyl adjacent to an activating group) is 1. The molecule has 0 aromatic rings. The van der Waals surface area contributed by atoms with Crippen molar-refractivity contribution in [3.8, 4) is 0 Å².